The van der Waals surface area contributed by atoms with Crippen LogP contribution < -0.4 is 17.0 Å². The van der Waals surface area contributed by atoms with Crippen molar-refractivity contribution in [2.24, 2.45) is 11.8 Å². The first kappa shape index (κ1) is 14.9. The molecule has 2 unspecified atom stereocenters. The second kappa shape index (κ2) is 7.31. The average Bonchev–Trinajstić information content (AvgIpc) is 2.35. The van der Waals surface area contributed by atoms with Crippen molar-refractivity contribution in [2.45, 2.75) is 39.3 Å². The van der Waals surface area contributed by atoms with Gasteiger partial charge in [0.05, 0.1) is 12.1 Å². The molecule has 0 aromatic carbocycles. The fourth-order valence-electron chi connectivity index (χ4n) is 2.08. The Morgan fingerprint density at radius 1 is 1.44 bits per heavy atom. The van der Waals surface area contributed by atoms with Crippen molar-refractivity contribution in [3.63, 3.8) is 0 Å². The molecule has 5 heteroatoms. The lowest BCUT2D eigenvalue weighted by Crippen LogP contribution is -2.49. The summed E-state index contributed by atoms with van der Waals surface area (Å²) in [5.41, 5.74) is 10.5. The lowest BCUT2D eigenvalue weighted by molar-refractivity contribution is 0.00358. The molecule has 0 saturated carbocycles. The van der Waals surface area contributed by atoms with Crippen LogP contribution in [0.25, 0.3) is 0 Å². The Bertz CT molecular complexity index is 357. The van der Waals surface area contributed by atoms with Gasteiger partial charge in [0.15, 0.2) is 0 Å². The van der Waals surface area contributed by atoms with Gasteiger partial charge in [-0.25, -0.2) is 0 Å². The molecule has 1 aromatic heterocycles. The number of nitrogens with one attached hydrogen (secondary N) is 1. The van der Waals surface area contributed by atoms with E-state index in [0.717, 1.165) is 11.3 Å². The van der Waals surface area contributed by atoms with E-state index in [0.29, 0.717) is 18.9 Å². The summed E-state index contributed by atoms with van der Waals surface area (Å²) in [5.74, 6) is 6.03. The maximum Gasteiger partial charge on any atom is 0.0767 e. The SMILES string of the molecule is CCOC(C(C)C)C(Cc1cnccc1N)NN. The van der Waals surface area contributed by atoms with Crippen LogP contribution in [0.1, 0.15) is 26.3 Å². The Labute approximate surface area is 109 Å². The van der Waals surface area contributed by atoms with Crippen LogP contribution in [-0.2, 0) is 11.2 Å². The van der Waals surface area contributed by atoms with Crippen molar-refractivity contribution in [1.29, 1.82) is 0 Å². The molecule has 0 bridgehead atoms. The second-order valence-corrected chi connectivity index (χ2v) is 4.72. The molecular formula is C13H24N4O. The normalized spacial score (nSPS) is 14.7. The first-order chi connectivity index (χ1) is 8.60. The maximum atomic E-state index is 5.92. The van der Waals surface area contributed by atoms with Gasteiger partial charge in [0.25, 0.3) is 0 Å². The number of pyridine rings is 1. The van der Waals surface area contributed by atoms with Gasteiger partial charge >= 0.3 is 0 Å². The van der Waals surface area contributed by atoms with Crippen molar-refractivity contribution < 1.29 is 4.74 Å². The topological polar surface area (TPSA) is 86.2 Å². The highest BCUT2D eigenvalue weighted by Gasteiger charge is 2.24. The zero-order valence-corrected chi connectivity index (χ0v) is 11.4. The molecular weight excluding hydrogens is 228 g/mol. The summed E-state index contributed by atoms with van der Waals surface area (Å²) in [7, 11) is 0. The second-order valence-electron chi connectivity index (χ2n) is 4.72. The maximum absolute atomic E-state index is 5.92. The van der Waals surface area contributed by atoms with E-state index in [1.165, 1.54) is 0 Å². The third-order valence-corrected chi connectivity index (χ3v) is 3.01. The van der Waals surface area contributed by atoms with E-state index in [2.05, 4.69) is 24.3 Å². The lowest BCUT2D eigenvalue weighted by atomic mass is 9.94. The summed E-state index contributed by atoms with van der Waals surface area (Å²) < 4.78 is 5.76. The molecule has 0 amide bonds. The van der Waals surface area contributed by atoms with E-state index in [1.54, 1.807) is 18.5 Å². The van der Waals surface area contributed by atoms with Gasteiger partial charge < -0.3 is 10.5 Å². The van der Waals surface area contributed by atoms with Gasteiger partial charge in [-0.1, -0.05) is 13.8 Å². The molecule has 0 radical (unpaired) electrons. The number of nitrogens with two attached hydrogens (primary N) is 2. The Hall–Kier alpha value is -1.17. The molecule has 5 N–H and O–H groups in total. The van der Waals surface area contributed by atoms with Crippen LogP contribution in [0, 0.1) is 5.92 Å². The van der Waals surface area contributed by atoms with E-state index in [-0.39, 0.29) is 12.1 Å². The summed E-state index contributed by atoms with van der Waals surface area (Å²) in [5, 5.41) is 0. The number of nitrogens with zero attached hydrogens (tertiary/aromatic N) is 1. The van der Waals surface area contributed by atoms with Gasteiger partial charge in [-0.2, -0.15) is 0 Å². The van der Waals surface area contributed by atoms with Crippen LogP contribution in [0.5, 0.6) is 0 Å². The molecule has 0 aliphatic rings. The number of hydrogen-bond donors (Lipinski definition) is 3. The minimum atomic E-state index is 0.0245. The van der Waals surface area contributed by atoms with E-state index in [1.807, 2.05) is 6.92 Å². The molecule has 1 aromatic rings. The number of aromatic nitrogens is 1. The molecule has 0 fully saturated rings. The van der Waals surface area contributed by atoms with E-state index in [4.69, 9.17) is 16.3 Å². The summed E-state index contributed by atoms with van der Waals surface area (Å²) >= 11 is 0. The molecule has 102 valence electrons. The molecule has 1 rings (SSSR count). The van der Waals surface area contributed by atoms with Crippen molar-refractivity contribution in [3.05, 3.63) is 24.0 Å². The summed E-state index contributed by atoms with van der Waals surface area (Å²) in [6, 6.07) is 1.82. The third-order valence-electron chi connectivity index (χ3n) is 3.01. The molecule has 0 saturated heterocycles. The highest BCUT2D eigenvalue weighted by atomic mass is 16.5. The van der Waals surface area contributed by atoms with Gasteiger partial charge in [-0.15, -0.1) is 0 Å². The van der Waals surface area contributed by atoms with Gasteiger partial charge in [0, 0.05) is 24.7 Å². The predicted molar refractivity (Wildman–Crippen MR) is 73.7 cm³/mol. The number of rotatable bonds is 7. The van der Waals surface area contributed by atoms with Crippen LogP contribution in [0.4, 0.5) is 5.69 Å². The van der Waals surface area contributed by atoms with Crippen LogP contribution in [0.3, 0.4) is 0 Å². The Morgan fingerprint density at radius 2 is 2.17 bits per heavy atom. The van der Waals surface area contributed by atoms with Gasteiger partial charge in [-0.3, -0.25) is 16.3 Å². The third kappa shape index (κ3) is 3.94. The van der Waals surface area contributed by atoms with E-state index in [9.17, 15) is 0 Å². The number of hydrazine groups is 1. The zero-order valence-electron chi connectivity index (χ0n) is 11.4. The summed E-state index contributed by atoms with van der Waals surface area (Å²) in [6.07, 6.45) is 4.23. The Morgan fingerprint density at radius 3 is 2.67 bits per heavy atom. The highest BCUT2D eigenvalue weighted by Crippen LogP contribution is 2.18. The molecule has 1 heterocycles. The van der Waals surface area contributed by atoms with Gasteiger partial charge in [0.2, 0.25) is 0 Å². The molecule has 0 aliphatic carbocycles. The monoisotopic (exact) mass is 252 g/mol. The average molecular weight is 252 g/mol. The molecule has 5 nitrogen and oxygen atoms in total. The predicted octanol–water partition coefficient (Wildman–Crippen LogP) is 1.10. The number of nitrogen functional groups attached to an aromatic ring is 1. The van der Waals surface area contributed by atoms with Crippen LogP contribution in [-0.4, -0.2) is 23.7 Å². The van der Waals surface area contributed by atoms with Crippen molar-refractivity contribution in [3.8, 4) is 0 Å². The van der Waals surface area contributed by atoms with Gasteiger partial charge in [-0.05, 0) is 30.9 Å². The quantitative estimate of drug-likeness (QED) is 0.500. The molecule has 0 spiro atoms. The number of hydrogen-bond acceptors (Lipinski definition) is 5. The summed E-state index contributed by atoms with van der Waals surface area (Å²) in [4.78, 5) is 4.09. The van der Waals surface area contributed by atoms with Crippen LogP contribution in [0.15, 0.2) is 18.5 Å². The summed E-state index contributed by atoms with van der Waals surface area (Å²) in [6.45, 7) is 6.90. The molecule has 0 aliphatic heterocycles. The Balaban J connectivity index is 2.79. The zero-order chi connectivity index (χ0) is 13.5. The largest absolute Gasteiger partial charge is 0.398 e. The number of anilines is 1. The fraction of sp³-hybridized carbons (Fsp3) is 0.615. The molecule has 2 atom stereocenters. The fourth-order valence-corrected chi connectivity index (χ4v) is 2.08. The van der Waals surface area contributed by atoms with Crippen molar-refractivity contribution in [2.75, 3.05) is 12.3 Å². The highest BCUT2D eigenvalue weighted by molar-refractivity contribution is 5.44. The first-order valence-corrected chi connectivity index (χ1v) is 6.36. The van der Waals surface area contributed by atoms with Crippen molar-refractivity contribution >= 4 is 5.69 Å². The molecule has 18 heavy (non-hydrogen) atoms. The minimum absolute atomic E-state index is 0.0245. The first-order valence-electron chi connectivity index (χ1n) is 6.36. The van der Waals surface area contributed by atoms with Crippen molar-refractivity contribution in [1.82, 2.24) is 10.4 Å². The van der Waals surface area contributed by atoms with Crippen LogP contribution in [0.2, 0.25) is 0 Å². The minimum Gasteiger partial charge on any atom is -0.398 e. The number of ether oxygens (including phenoxy) is 1. The van der Waals surface area contributed by atoms with E-state index >= 15 is 0 Å². The van der Waals surface area contributed by atoms with Crippen LogP contribution >= 0.6 is 0 Å². The standard InChI is InChI=1S/C13H24N4O/c1-4-18-13(9(2)3)12(17-15)7-10-8-16-6-5-11(10)14/h5-6,8-9,12-13,17H,4,7,15H2,1-3H3,(H2,14,16). The van der Waals surface area contributed by atoms with Gasteiger partial charge in [0.1, 0.15) is 0 Å². The Kier molecular flexibility index (Phi) is 6.04. The van der Waals surface area contributed by atoms with E-state index < -0.39 is 0 Å². The lowest BCUT2D eigenvalue weighted by Gasteiger charge is -2.29. The smallest absolute Gasteiger partial charge is 0.0767 e.